The summed E-state index contributed by atoms with van der Waals surface area (Å²) in [6, 6.07) is 7.47. The van der Waals surface area contributed by atoms with Crippen molar-refractivity contribution in [3.8, 4) is 0 Å². The number of esters is 4. The predicted molar refractivity (Wildman–Crippen MR) is 176 cm³/mol. The third kappa shape index (κ3) is 6.57. The van der Waals surface area contributed by atoms with Gasteiger partial charge >= 0.3 is 23.9 Å². The van der Waals surface area contributed by atoms with Crippen LogP contribution in [0.1, 0.15) is 96.3 Å². The average Bonchev–Trinajstić information content (AvgIpc) is 3.34. The van der Waals surface area contributed by atoms with E-state index in [4.69, 9.17) is 18.9 Å². The number of fused-ring (bicyclic) bond motifs is 5. The van der Waals surface area contributed by atoms with Crippen molar-refractivity contribution in [2.24, 2.45) is 40.4 Å². The number of allylic oxidation sites excluding steroid dienone is 1. The van der Waals surface area contributed by atoms with Crippen molar-refractivity contribution in [3.63, 3.8) is 0 Å². The third-order valence-corrected chi connectivity index (χ3v) is 12.5. The monoisotopic (exact) mass is 734 g/mol. The Bertz CT molecular complexity index is 1360. The first kappa shape index (κ1) is 33.9. The van der Waals surface area contributed by atoms with Crippen LogP contribution in [0.5, 0.6) is 0 Å². The lowest BCUT2D eigenvalue weighted by atomic mass is 9.43. The summed E-state index contributed by atoms with van der Waals surface area (Å²) in [6.45, 7) is 9.65. The van der Waals surface area contributed by atoms with Gasteiger partial charge in [-0.05, 0) is 115 Å². The summed E-state index contributed by atoms with van der Waals surface area (Å²) in [4.78, 5) is 50.2. The third-order valence-electron chi connectivity index (χ3n) is 11.8. The van der Waals surface area contributed by atoms with Crippen LogP contribution < -0.4 is 0 Å². The Kier molecular flexibility index (Phi) is 10.1. The van der Waals surface area contributed by atoms with Gasteiger partial charge in [0.25, 0.3) is 0 Å². The van der Waals surface area contributed by atoms with Crippen LogP contribution in [0.25, 0.3) is 0 Å². The van der Waals surface area contributed by atoms with E-state index < -0.39 is 5.41 Å². The van der Waals surface area contributed by atoms with Crippen molar-refractivity contribution in [2.45, 2.75) is 104 Å². The number of ether oxygens (including phenoxy) is 4. The molecule has 0 N–H and O–H groups in total. The highest BCUT2D eigenvalue weighted by molar-refractivity contribution is 14.1. The number of halogens is 1. The van der Waals surface area contributed by atoms with E-state index in [1.165, 1.54) is 26.5 Å². The Labute approximate surface area is 280 Å². The van der Waals surface area contributed by atoms with Gasteiger partial charge in [-0.25, -0.2) is 4.79 Å². The number of hydrogen-bond acceptors (Lipinski definition) is 8. The molecule has 246 valence electrons. The summed E-state index contributed by atoms with van der Waals surface area (Å²) in [6.07, 6.45) is 6.99. The highest BCUT2D eigenvalue weighted by Gasteiger charge is 2.66. The van der Waals surface area contributed by atoms with Crippen LogP contribution in [0.15, 0.2) is 35.9 Å². The van der Waals surface area contributed by atoms with E-state index >= 15 is 0 Å². The van der Waals surface area contributed by atoms with Gasteiger partial charge in [0.15, 0.2) is 0 Å². The second kappa shape index (κ2) is 13.4. The summed E-state index contributed by atoms with van der Waals surface area (Å²) in [5, 5.41) is 0. The van der Waals surface area contributed by atoms with Crippen LogP contribution in [0.2, 0.25) is 0 Å². The first-order valence-electron chi connectivity index (χ1n) is 16.4. The molecule has 5 rings (SSSR count). The number of rotatable bonds is 8. The molecule has 45 heavy (non-hydrogen) atoms. The van der Waals surface area contributed by atoms with Gasteiger partial charge in [-0.3, -0.25) is 14.4 Å². The fraction of sp³-hybridized carbons (Fsp3) is 0.667. The van der Waals surface area contributed by atoms with E-state index in [1.54, 1.807) is 6.07 Å². The Hall–Kier alpha value is -2.43. The zero-order chi connectivity index (χ0) is 32.7. The van der Waals surface area contributed by atoms with Crippen molar-refractivity contribution in [1.82, 2.24) is 0 Å². The predicted octanol–water partition coefficient (Wildman–Crippen LogP) is 7.07. The Morgan fingerprint density at radius 3 is 2.40 bits per heavy atom. The van der Waals surface area contributed by atoms with Gasteiger partial charge in [-0.2, -0.15) is 0 Å². The lowest BCUT2D eigenvalue weighted by Gasteiger charge is -2.63. The molecule has 10 atom stereocenters. The number of methoxy groups -OCH3 is 1. The normalized spacial score (nSPS) is 35.9. The van der Waals surface area contributed by atoms with E-state index in [2.05, 4.69) is 49.4 Å². The molecule has 0 radical (unpaired) electrons. The quantitative estimate of drug-likeness (QED) is 0.121. The maximum Gasteiger partial charge on any atom is 0.338 e. The molecule has 3 saturated carbocycles. The van der Waals surface area contributed by atoms with E-state index in [0.29, 0.717) is 31.2 Å². The van der Waals surface area contributed by atoms with E-state index in [9.17, 15) is 19.2 Å². The van der Waals surface area contributed by atoms with Crippen LogP contribution in [0.3, 0.4) is 0 Å². The molecular weight excluding hydrogens is 687 g/mol. The van der Waals surface area contributed by atoms with E-state index in [-0.39, 0.29) is 77.2 Å². The highest BCUT2D eigenvalue weighted by atomic mass is 127. The minimum atomic E-state index is -0.465. The molecule has 0 heterocycles. The summed E-state index contributed by atoms with van der Waals surface area (Å²) < 4.78 is 24.4. The number of hydrogen-bond donors (Lipinski definition) is 0. The molecule has 0 amide bonds. The Morgan fingerprint density at radius 1 is 1.00 bits per heavy atom. The molecule has 4 aliphatic carbocycles. The van der Waals surface area contributed by atoms with E-state index in [1.807, 2.05) is 18.2 Å². The molecule has 0 aromatic heterocycles. The zero-order valence-electron chi connectivity index (χ0n) is 27.3. The largest absolute Gasteiger partial charge is 0.469 e. The number of carbonyl (C=O) groups is 4. The van der Waals surface area contributed by atoms with Gasteiger partial charge in [0.1, 0.15) is 18.3 Å². The first-order chi connectivity index (χ1) is 21.3. The van der Waals surface area contributed by atoms with Crippen molar-refractivity contribution in [1.29, 1.82) is 0 Å². The second-order valence-electron chi connectivity index (χ2n) is 14.2. The number of benzene rings is 1. The van der Waals surface area contributed by atoms with Gasteiger partial charge in [0.2, 0.25) is 0 Å². The van der Waals surface area contributed by atoms with Crippen LogP contribution >= 0.6 is 22.6 Å². The topological polar surface area (TPSA) is 105 Å². The number of carbonyl (C=O) groups excluding carboxylic acids is 4. The van der Waals surface area contributed by atoms with Crippen molar-refractivity contribution < 1.29 is 38.1 Å². The van der Waals surface area contributed by atoms with Crippen molar-refractivity contribution >= 4 is 46.5 Å². The molecule has 8 nitrogen and oxygen atoms in total. The molecule has 0 bridgehead atoms. The van der Waals surface area contributed by atoms with Crippen LogP contribution in [0.4, 0.5) is 0 Å². The lowest BCUT2D eigenvalue weighted by Crippen LogP contribution is -2.63. The van der Waals surface area contributed by atoms with Crippen LogP contribution in [-0.2, 0) is 33.3 Å². The Balaban J connectivity index is 1.53. The highest BCUT2D eigenvalue weighted by Crippen LogP contribution is 2.68. The maximum absolute atomic E-state index is 13.7. The summed E-state index contributed by atoms with van der Waals surface area (Å²) in [7, 11) is 1.41. The van der Waals surface area contributed by atoms with Gasteiger partial charge in [0, 0.05) is 35.2 Å². The summed E-state index contributed by atoms with van der Waals surface area (Å²) in [5.74, 6) is -0.569. The second-order valence-corrected chi connectivity index (χ2v) is 15.5. The molecule has 0 spiro atoms. The van der Waals surface area contributed by atoms with Gasteiger partial charge in [-0.1, -0.05) is 38.5 Å². The van der Waals surface area contributed by atoms with Gasteiger partial charge < -0.3 is 18.9 Å². The summed E-state index contributed by atoms with van der Waals surface area (Å²) >= 11 is 2.21. The molecule has 1 aromatic rings. The minimum absolute atomic E-state index is 0.0571. The van der Waals surface area contributed by atoms with E-state index in [0.717, 1.165) is 29.3 Å². The molecule has 0 aliphatic heterocycles. The van der Waals surface area contributed by atoms with Gasteiger partial charge in [0.05, 0.1) is 12.7 Å². The van der Waals surface area contributed by atoms with Crippen LogP contribution in [-0.4, -0.2) is 49.3 Å². The van der Waals surface area contributed by atoms with Crippen LogP contribution in [0, 0.1) is 44.0 Å². The van der Waals surface area contributed by atoms with Gasteiger partial charge in [-0.15, -0.1) is 0 Å². The maximum atomic E-state index is 13.7. The summed E-state index contributed by atoms with van der Waals surface area (Å²) in [5.41, 5.74) is 1.19. The Morgan fingerprint density at radius 2 is 1.73 bits per heavy atom. The standard InChI is InChI=1S/C36H47IO8/c1-20(10-13-32(40)42-6)27-11-12-28-33-29(19-31(36(27,28)5)44-22(3)39)35(4)15-14-26(43-21(2)38)17-24(35)18-30(33)45-34(41)23-8-7-9-25(37)16-23/h7-9,11,16,20,24,26,28-31,33H,10,12-15,17-19H2,1-6H3/t20-,24+,26-,28+,29+,30-,31+,33+,35+,36-/m1/s1. The molecule has 1 aromatic carbocycles. The zero-order valence-corrected chi connectivity index (χ0v) is 29.5. The molecule has 0 saturated heterocycles. The fourth-order valence-corrected chi connectivity index (χ4v) is 10.3. The first-order valence-corrected chi connectivity index (χ1v) is 17.4. The minimum Gasteiger partial charge on any atom is -0.469 e. The smallest absolute Gasteiger partial charge is 0.338 e. The molecule has 0 unspecified atom stereocenters. The molecule has 4 aliphatic rings. The molecular formula is C36H47IO8. The molecule has 3 fully saturated rings. The van der Waals surface area contributed by atoms with Crippen molar-refractivity contribution in [2.75, 3.05) is 7.11 Å². The SMILES string of the molecule is COC(=O)CC[C@@H](C)C1=CC[C@H]2[C@@H]3[C@H](OC(=O)c4cccc(I)c4)C[C@@H]4C[C@H](OC(C)=O)CC[C@]4(C)[C@H]3C[C@H](OC(C)=O)[C@]12C. The average molecular weight is 735 g/mol. The molecule has 9 heteroatoms. The fourth-order valence-electron chi connectivity index (χ4n) is 9.71. The van der Waals surface area contributed by atoms with Crippen molar-refractivity contribution in [3.05, 3.63) is 45.0 Å². The lowest BCUT2D eigenvalue weighted by molar-refractivity contribution is -0.207.